The molecular weight excluding hydrogens is 623 g/mol. The summed E-state index contributed by atoms with van der Waals surface area (Å²) in [4.78, 5) is 24.5. The maximum Gasteiger partial charge on any atom is 0.239 e. The van der Waals surface area contributed by atoms with Crippen LogP contribution in [0.15, 0.2) is 24.3 Å². The third-order valence-corrected chi connectivity index (χ3v) is 9.90. The molecule has 3 aromatic heterocycles. The molecule has 2 N–H and O–H groups in total. The van der Waals surface area contributed by atoms with Gasteiger partial charge in [0.05, 0.1) is 36.4 Å². The summed E-state index contributed by atoms with van der Waals surface area (Å²) < 4.78 is 10.3. The van der Waals surface area contributed by atoms with Crippen LogP contribution in [0.4, 0.5) is 5.82 Å². The number of hydrogen-bond donors (Lipinski definition) is 2. The smallest absolute Gasteiger partial charge is 0.239 e. The number of imidazole rings is 2. The Balaban J connectivity index is 1.41. The van der Waals surface area contributed by atoms with Gasteiger partial charge in [-0.25, -0.2) is 9.97 Å². The second-order valence-corrected chi connectivity index (χ2v) is 12.0. The highest BCUT2D eigenvalue weighted by molar-refractivity contribution is 14.1. The predicted molar refractivity (Wildman–Crippen MR) is 162 cm³/mol. The van der Waals surface area contributed by atoms with Crippen LogP contribution in [0.5, 0.6) is 0 Å². The summed E-state index contributed by atoms with van der Waals surface area (Å²) in [6.45, 7) is 8.92. The number of aryl methyl sites for hydroxylation is 1. The van der Waals surface area contributed by atoms with Gasteiger partial charge in [-0.2, -0.15) is 9.97 Å². The Morgan fingerprint density at radius 1 is 1.07 bits per heavy atom. The molecule has 5 heterocycles. The number of morpholine rings is 1. The normalized spacial score (nSPS) is 19.9. The van der Waals surface area contributed by atoms with Crippen molar-refractivity contribution in [2.45, 2.75) is 44.9 Å². The molecule has 2 aliphatic rings. The third-order valence-electron chi connectivity index (χ3n) is 8.35. The van der Waals surface area contributed by atoms with Gasteiger partial charge < -0.3 is 24.4 Å². The number of anilines is 1. The second kappa shape index (κ2) is 11.1. The van der Waals surface area contributed by atoms with Gasteiger partial charge >= 0.3 is 0 Å². The number of ether oxygens (including phenoxy) is 1. The second-order valence-electron chi connectivity index (χ2n) is 11.2. The Morgan fingerprint density at radius 3 is 2.50 bits per heavy atom. The number of aliphatic hydroxyl groups is 2. The minimum absolute atomic E-state index is 0.315. The zero-order chi connectivity index (χ0) is 28.0. The number of aliphatic hydroxyl groups excluding tert-OH is 1. The zero-order valence-electron chi connectivity index (χ0n) is 23.3. The lowest BCUT2D eigenvalue weighted by atomic mass is 9.83. The van der Waals surface area contributed by atoms with Crippen molar-refractivity contribution in [1.29, 1.82) is 0 Å². The molecule has 0 amide bonds. The number of rotatable bonds is 7. The molecule has 4 aromatic rings. The molecule has 1 aromatic carbocycles. The molecule has 12 heteroatoms. The fraction of sp³-hybridized carbons (Fsp3) is 0.571. The van der Waals surface area contributed by atoms with Crippen LogP contribution in [0.3, 0.4) is 0 Å². The minimum Gasteiger partial charge on any atom is -0.389 e. The molecule has 0 aliphatic carbocycles. The largest absolute Gasteiger partial charge is 0.389 e. The van der Waals surface area contributed by atoms with Gasteiger partial charge in [0.1, 0.15) is 17.8 Å². The number of halogens is 1. The van der Waals surface area contributed by atoms with E-state index in [2.05, 4.69) is 37.0 Å². The maximum absolute atomic E-state index is 10.7. The number of benzene rings is 1. The number of aromatic nitrogens is 6. The average molecular weight is 661 g/mol. The number of likely N-dealkylation sites (tertiary alicyclic amines) is 1. The van der Waals surface area contributed by atoms with Crippen LogP contribution in [0, 0.1) is 5.92 Å². The zero-order valence-corrected chi connectivity index (χ0v) is 25.5. The molecule has 11 nitrogen and oxygen atoms in total. The van der Waals surface area contributed by atoms with Gasteiger partial charge in [-0.3, -0.25) is 9.47 Å². The Bertz CT molecular complexity index is 1500. The van der Waals surface area contributed by atoms with Gasteiger partial charge in [-0.1, -0.05) is 34.7 Å². The van der Waals surface area contributed by atoms with E-state index >= 15 is 0 Å². The van der Waals surface area contributed by atoms with Crippen LogP contribution in [0.1, 0.15) is 44.4 Å². The van der Waals surface area contributed by atoms with Crippen molar-refractivity contribution in [3.63, 3.8) is 0 Å². The molecule has 40 heavy (non-hydrogen) atoms. The van der Waals surface area contributed by atoms with Crippen LogP contribution in [0.25, 0.3) is 28.1 Å². The van der Waals surface area contributed by atoms with E-state index in [1.165, 1.54) is 0 Å². The standard InChI is InChI=1S/C28H37IN8O3/c1-18(38)24-30-20-6-4-5-7-21(20)37(24)27-32-25-23(26(33-27)36-12-14-40-15-13-36)31-22(34(25)3)16-35-10-8-19(9-11-35)28(2,39)17-29/h4-7,18-19,38-39H,8-17H2,1-3H3. The van der Waals surface area contributed by atoms with E-state index in [0.717, 1.165) is 77.3 Å². The topological polar surface area (TPSA) is 118 Å². The van der Waals surface area contributed by atoms with Crippen molar-refractivity contribution < 1.29 is 14.9 Å². The van der Waals surface area contributed by atoms with Gasteiger partial charge in [0, 0.05) is 24.6 Å². The molecule has 2 fully saturated rings. The lowest BCUT2D eigenvalue weighted by Gasteiger charge is -2.38. The van der Waals surface area contributed by atoms with Crippen molar-refractivity contribution in [2.75, 3.05) is 48.7 Å². The van der Waals surface area contributed by atoms with Crippen LogP contribution in [-0.4, -0.2) is 93.6 Å². The molecular formula is C28H37IN8O3. The van der Waals surface area contributed by atoms with E-state index in [1.807, 2.05) is 42.8 Å². The van der Waals surface area contributed by atoms with E-state index in [9.17, 15) is 10.2 Å². The first kappa shape index (κ1) is 27.8. The summed E-state index contributed by atoms with van der Waals surface area (Å²) >= 11 is 2.28. The Kier molecular flexibility index (Phi) is 7.72. The number of hydrogen-bond acceptors (Lipinski definition) is 9. The number of para-hydroxylation sites is 2. The Morgan fingerprint density at radius 2 is 1.80 bits per heavy atom. The summed E-state index contributed by atoms with van der Waals surface area (Å²) in [6.07, 6.45) is 1.15. The van der Waals surface area contributed by atoms with Gasteiger partial charge in [-0.15, -0.1) is 0 Å². The van der Waals surface area contributed by atoms with Crippen LogP contribution in [0.2, 0.25) is 0 Å². The molecule has 0 spiro atoms. The van der Waals surface area contributed by atoms with Crippen LogP contribution >= 0.6 is 22.6 Å². The van der Waals surface area contributed by atoms with Gasteiger partial charge in [0.25, 0.3) is 0 Å². The highest BCUT2D eigenvalue weighted by Gasteiger charge is 2.34. The van der Waals surface area contributed by atoms with E-state index in [4.69, 9.17) is 24.7 Å². The summed E-state index contributed by atoms with van der Waals surface area (Å²) in [5.41, 5.74) is 2.53. The van der Waals surface area contributed by atoms with Gasteiger partial charge in [0.15, 0.2) is 17.0 Å². The molecule has 2 unspecified atom stereocenters. The summed E-state index contributed by atoms with van der Waals surface area (Å²) in [5.74, 6) is 2.99. The third kappa shape index (κ3) is 5.08. The highest BCUT2D eigenvalue weighted by Crippen LogP contribution is 2.32. The van der Waals surface area contributed by atoms with E-state index in [0.29, 0.717) is 37.4 Å². The highest BCUT2D eigenvalue weighted by atomic mass is 127. The molecule has 0 bridgehead atoms. The first-order valence-corrected chi connectivity index (χ1v) is 15.5. The summed E-state index contributed by atoms with van der Waals surface area (Å²) in [6, 6.07) is 7.81. The van der Waals surface area contributed by atoms with Crippen molar-refractivity contribution in [3.8, 4) is 5.95 Å². The van der Waals surface area contributed by atoms with Gasteiger partial charge in [-0.05, 0) is 57.8 Å². The number of fused-ring (bicyclic) bond motifs is 2. The predicted octanol–water partition coefficient (Wildman–Crippen LogP) is 2.99. The molecule has 0 saturated carbocycles. The molecule has 0 radical (unpaired) electrons. The molecule has 2 aliphatic heterocycles. The fourth-order valence-electron chi connectivity index (χ4n) is 5.87. The summed E-state index contributed by atoms with van der Waals surface area (Å²) in [7, 11) is 2.01. The van der Waals surface area contributed by atoms with Crippen molar-refractivity contribution in [3.05, 3.63) is 35.9 Å². The van der Waals surface area contributed by atoms with Crippen molar-refractivity contribution >= 4 is 50.6 Å². The molecule has 2 atom stereocenters. The van der Waals surface area contributed by atoms with Crippen molar-refractivity contribution in [2.24, 2.45) is 13.0 Å². The lowest BCUT2D eigenvalue weighted by molar-refractivity contribution is -0.00769. The quantitative estimate of drug-likeness (QED) is 0.228. The van der Waals surface area contributed by atoms with Crippen LogP contribution in [-0.2, 0) is 18.3 Å². The van der Waals surface area contributed by atoms with E-state index in [1.54, 1.807) is 6.92 Å². The average Bonchev–Trinajstić information content (AvgIpc) is 3.51. The first-order valence-electron chi connectivity index (χ1n) is 14.0. The summed E-state index contributed by atoms with van der Waals surface area (Å²) in [5, 5.41) is 21.4. The molecule has 6 rings (SSSR count). The van der Waals surface area contributed by atoms with Crippen LogP contribution < -0.4 is 4.90 Å². The lowest BCUT2D eigenvalue weighted by Crippen LogP contribution is -2.44. The number of alkyl halides is 1. The number of piperidine rings is 1. The monoisotopic (exact) mass is 660 g/mol. The molecule has 214 valence electrons. The van der Waals surface area contributed by atoms with Gasteiger partial charge in [0.2, 0.25) is 5.95 Å². The minimum atomic E-state index is -0.795. The SMILES string of the molecule is CC(O)c1nc2ccccc2n1-c1nc(N2CCOCC2)c2nc(CN3CCC(C(C)(O)CI)CC3)n(C)c2n1. The first-order chi connectivity index (χ1) is 19.3. The van der Waals surface area contributed by atoms with E-state index < -0.39 is 11.7 Å². The van der Waals surface area contributed by atoms with E-state index in [-0.39, 0.29) is 0 Å². The fourth-order valence-corrected chi connectivity index (χ4v) is 6.50. The Labute approximate surface area is 247 Å². The Hall–Kier alpha value is -2.39. The van der Waals surface area contributed by atoms with Crippen molar-refractivity contribution in [1.82, 2.24) is 34.0 Å². The molecule has 2 saturated heterocycles. The number of nitrogens with zero attached hydrogens (tertiary/aromatic N) is 8. The maximum atomic E-state index is 10.7.